The highest BCUT2D eigenvalue weighted by Gasteiger charge is 2.09. The van der Waals surface area contributed by atoms with Crippen LogP contribution in [0.4, 0.5) is 10.7 Å². The number of primary amides is 1. The maximum atomic E-state index is 10.2. The summed E-state index contributed by atoms with van der Waals surface area (Å²) >= 11 is 0. The summed E-state index contributed by atoms with van der Waals surface area (Å²) < 4.78 is 4.69. The van der Waals surface area contributed by atoms with Crippen LogP contribution in [-0.4, -0.2) is 17.2 Å². The largest absolute Gasteiger partial charge is 0.433 e. The molecule has 0 unspecified atom stereocenters. The summed E-state index contributed by atoms with van der Waals surface area (Å²) in [7, 11) is 0. The molecule has 8 heteroatoms. The van der Waals surface area contributed by atoms with Crippen molar-refractivity contribution in [1.82, 2.24) is 5.43 Å². The van der Waals surface area contributed by atoms with Crippen molar-refractivity contribution >= 4 is 18.1 Å². The average Bonchev–Trinajstić information content (AvgIpc) is 2.52. The van der Waals surface area contributed by atoms with Crippen LogP contribution in [0.1, 0.15) is 5.76 Å². The van der Waals surface area contributed by atoms with Crippen LogP contribution in [0.2, 0.25) is 0 Å². The highest BCUT2D eigenvalue weighted by atomic mass is 16.6. The van der Waals surface area contributed by atoms with Crippen LogP contribution < -0.4 is 11.2 Å². The number of hydrogen-bond acceptors (Lipinski definition) is 5. The third kappa shape index (κ3) is 2.59. The minimum atomic E-state index is -0.831. The molecule has 74 valence electrons. The number of hydrazone groups is 1. The molecule has 0 aliphatic rings. The molecule has 0 fully saturated rings. The van der Waals surface area contributed by atoms with E-state index in [-0.39, 0.29) is 5.76 Å². The SMILES string of the molecule is [15NH2][13C](=O)[15NH]/N=C/c1ccc([N+](=O)[O-])o1. The van der Waals surface area contributed by atoms with E-state index in [0.29, 0.717) is 0 Å². The second kappa shape index (κ2) is 4.03. The monoisotopic (exact) mass is 201 g/mol. The van der Waals surface area contributed by atoms with Crippen LogP contribution in [0.5, 0.6) is 0 Å². The lowest BCUT2D eigenvalue weighted by atomic mass is 10.5. The van der Waals surface area contributed by atoms with Crippen LogP contribution in [0.15, 0.2) is 21.7 Å². The maximum Gasteiger partial charge on any atom is 0.433 e. The fraction of sp³-hybridized carbons (Fsp3) is 0. The third-order valence-corrected chi connectivity index (χ3v) is 1.16. The zero-order chi connectivity index (χ0) is 10.6. The normalized spacial score (nSPS) is 10.3. The first-order valence-corrected chi connectivity index (χ1v) is 3.42. The van der Waals surface area contributed by atoms with Gasteiger partial charge in [0, 0.05) is 0 Å². The molecule has 0 aliphatic heterocycles. The zero-order valence-electron chi connectivity index (χ0n) is 6.84. The highest BCUT2D eigenvalue weighted by Crippen LogP contribution is 2.13. The summed E-state index contributed by atoms with van der Waals surface area (Å²) in [6.07, 6.45) is 1.10. The molecule has 1 aromatic heterocycles. The molecule has 1 aromatic rings. The fourth-order valence-corrected chi connectivity index (χ4v) is 0.669. The van der Waals surface area contributed by atoms with E-state index >= 15 is 0 Å². The lowest BCUT2D eigenvalue weighted by molar-refractivity contribution is -0.402. The lowest BCUT2D eigenvalue weighted by Crippen LogP contribution is -2.24. The van der Waals surface area contributed by atoms with Crippen LogP contribution >= 0.6 is 0 Å². The molecule has 0 saturated heterocycles. The zero-order valence-corrected chi connectivity index (χ0v) is 6.84. The van der Waals surface area contributed by atoms with Gasteiger partial charge in [0.25, 0.3) is 0 Å². The predicted octanol–water partition coefficient (Wildman–Crippen LogP) is 0.190. The van der Waals surface area contributed by atoms with Gasteiger partial charge in [0.05, 0.1) is 12.3 Å². The molecule has 0 saturated carbocycles. The smallest absolute Gasteiger partial charge is 0.400 e. The van der Waals surface area contributed by atoms with E-state index in [9.17, 15) is 14.9 Å². The van der Waals surface area contributed by atoms with Crippen LogP contribution in [0.25, 0.3) is 0 Å². The number of amides is 2. The van der Waals surface area contributed by atoms with Crippen LogP contribution in [-0.2, 0) is 0 Å². The Kier molecular flexibility index (Phi) is 2.79. The van der Waals surface area contributed by atoms with Crippen molar-refractivity contribution in [3.63, 3.8) is 0 Å². The number of furan rings is 1. The number of rotatable bonds is 3. The van der Waals surface area contributed by atoms with Gasteiger partial charge in [-0.25, -0.2) is 10.2 Å². The van der Waals surface area contributed by atoms with Gasteiger partial charge in [0.1, 0.15) is 4.92 Å². The van der Waals surface area contributed by atoms with Gasteiger partial charge in [0.2, 0.25) is 0 Å². The molecule has 8 nitrogen and oxygen atoms in total. The molecule has 0 bridgehead atoms. The molecular weight excluding hydrogens is 195 g/mol. The first-order valence-electron chi connectivity index (χ1n) is 3.42. The summed E-state index contributed by atoms with van der Waals surface area (Å²) in [5.74, 6) is -0.254. The predicted molar refractivity (Wildman–Crippen MR) is 45.7 cm³/mol. The lowest BCUT2D eigenvalue weighted by Gasteiger charge is -1.88. The van der Waals surface area contributed by atoms with Crippen LogP contribution in [0, 0.1) is 10.1 Å². The molecule has 0 aliphatic carbocycles. The topological polar surface area (TPSA) is 124 Å². The van der Waals surface area contributed by atoms with Gasteiger partial charge in [-0.1, -0.05) is 0 Å². The number of carbonyl (C=O) groups is 1. The number of nitrogens with one attached hydrogen (secondary N) is 1. The fourth-order valence-electron chi connectivity index (χ4n) is 0.669. The Morgan fingerprint density at radius 1 is 1.71 bits per heavy atom. The summed E-state index contributed by atoms with van der Waals surface area (Å²) in [4.78, 5) is 19.7. The van der Waals surface area contributed by atoms with E-state index in [1.165, 1.54) is 12.1 Å². The minimum Gasteiger partial charge on any atom is -0.400 e. The Balaban J connectivity index is 2.64. The molecule has 1 heterocycles. The molecule has 0 radical (unpaired) electrons. The Morgan fingerprint density at radius 2 is 2.43 bits per heavy atom. The van der Waals surface area contributed by atoms with Crippen molar-refractivity contribution in [3.05, 3.63) is 28.0 Å². The van der Waals surface area contributed by atoms with Crippen LogP contribution in [0.3, 0.4) is 0 Å². The average molecular weight is 201 g/mol. The van der Waals surface area contributed by atoms with E-state index < -0.39 is 16.8 Å². The Bertz CT molecular complexity index is 383. The Hall–Kier alpha value is -2.38. The number of nitrogens with two attached hydrogens (primary N) is 1. The van der Waals surface area contributed by atoms with Crippen molar-refractivity contribution in [2.24, 2.45) is 10.8 Å². The summed E-state index contributed by atoms with van der Waals surface area (Å²) in [5, 5.41) is 13.5. The van der Waals surface area contributed by atoms with Gasteiger partial charge in [0.15, 0.2) is 5.76 Å². The van der Waals surface area contributed by atoms with E-state index in [1.807, 2.05) is 5.43 Å². The number of urea groups is 1. The van der Waals surface area contributed by atoms with Gasteiger partial charge in [-0.3, -0.25) is 10.1 Å². The third-order valence-electron chi connectivity index (χ3n) is 1.16. The van der Waals surface area contributed by atoms with Crippen molar-refractivity contribution in [2.45, 2.75) is 0 Å². The van der Waals surface area contributed by atoms with E-state index in [4.69, 9.17) is 5.73 Å². The van der Waals surface area contributed by atoms with Crippen molar-refractivity contribution in [1.29, 1.82) is 0 Å². The van der Waals surface area contributed by atoms with Crippen molar-refractivity contribution in [3.8, 4) is 0 Å². The molecule has 2 amide bonds. The van der Waals surface area contributed by atoms with Gasteiger partial charge in [-0.2, -0.15) is 5.10 Å². The first kappa shape index (κ1) is 9.71. The number of carbonyl (C=O) groups excluding carboxylic acids is 1. The molecule has 3 N–H and O–H groups in total. The van der Waals surface area contributed by atoms with E-state index in [2.05, 4.69) is 9.52 Å². The number of nitro groups is 1. The summed E-state index contributed by atoms with van der Waals surface area (Å²) in [6, 6.07) is 1.68. The Labute approximate surface area is 77.5 Å². The molecular formula is C6H6N4O4. The molecule has 0 atom stereocenters. The van der Waals surface area contributed by atoms with E-state index in [1.54, 1.807) is 0 Å². The van der Waals surface area contributed by atoms with Gasteiger partial charge < -0.3 is 10.2 Å². The van der Waals surface area contributed by atoms with Crippen molar-refractivity contribution in [2.75, 3.05) is 0 Å². The molecule has 1 rings (SSSR count). The Morgan fingerprint density at radius 3 is 2.93 bits per heavy atom. The van der Waals surface area contributed by atoms with Gasteiger partial charge in [-0.15, -0.1) is 0 Å². The second-order valence-corrected chi connectivity index (χ2v) is 2.17. The number of nitrogens with zero attached hydrogens (tertiary/aromatic N) is 2. The molecule has 0 spiro atoms. The summed E-state index contributed by atoms with van der Waals surface area (Å²) in [5.41, 5.74) is 6.62. The van der Waals surface area contributed by atoms with E-state index in [0.717, 1.165) is 6.21 Å². The maximum absolute atomic E-state index is 10.2. The number of hydrogen-bond donors (Lipinski definition) is 2. The first-order chi connectivity index (χ1) is 6.59. The standard InChI is InChI=1S/C6H6N4O4/c7-6(11)9-8-3-4-1-2-5(14-4)10(12)13/h1-3H,(H3,7,9,11)/b8-3+/i6+1,7+1,9+1. The quantitative estimate of drug-likeness (QED) is 0.238. The van der Waals surface area contributed by atoms with Gasteiger partial charge >= 0.3 is 11.9 Å². The minimum absolute atomic E-state index is 0.144. The summed E-state index contributed by atoms with van der Waals surface area (Å²) in [6.45, 7) is 0. The molecule has 0 aromatic carbocycles. The molecule has 14 heavy (non-hydrogen) atoms. The van der Waals surface area contributed by atoms with Crippen molar-refractivity contribution < 1.29 is 14.1 Å². The highest BCUT2D eigenvalue weighted by molar-refractivity contribution is 5.78. The second-order valence-electron chi connectivity index (χ2n) is 2.17. The van der Waals surface area contributed by atoms with Gasteiger partial charge in [-0.05, 0) is 6.07 Å².